The normalized spacial score (nSPS) is 42.1. The highest BCUT2D eigenvalue weighted by molar-refractivity contribution is 5.87. The Kier molecular flexibility index (Phi) is 3.51. The molecule has 124 valence electrons. The Balaban J connectivity index is 1.60. The quantitative estimate of drug-likeness (QED) is 0.682. The first-order chi connectivity index (χ1) is 11.0. The van der Waals surface area contributed by atoms with Crippen LogP contribution in [0.1, 0.15) is 58.8 Å². The zero-order valence-corrected chi connectivity index (χ0v) is 14.1. The van der Waals surface area contributed by atoms with Crippen LogP contribution in [-0.4, -0.2) is 11.8 Å². The van der Waals surface area contributed by atoms with Crippen LogP contribution >= 0.6 is 0 Å². The summed E-state index contributed by atoms with van der Waals surface area (Å²) in [4.78, 5) is 23.5. The Morgan fingerprint density at radius 2 is 2.04 bits per heavy atom. The molecule has 0 saturated heterocycles. The van der Waals surface area contributed by atoms with Crippen molar-refractivity contribution >= 4 is 11.8 Å². The zero-order chi connectivity index (χ0) is 16.2. The summed E-state index contributed by atoms with van der Waals surface area (Å²) in [6.07, 6.45) is 11.7. The van der Waals surface area contributed by atoms with Crippen LogP contribution in [0.15, 0.2) is 23.5 Å². The fraction of sp³-hybridized carbons (Fsp3) is 0.700. The second kappa shape index (κ2) is 5.32. The number of carbonyl (C=O) groups excluding carboxylic acids is 2. The van der Waals surface area contributed by atoms with E-state index in [-0.39, 0.29) is 11.4 Å². The van der Waals surface area contributed by atoms with Gasteiger partial charge in [0.05, 0.1) is 0 Å². The zero-order valence-electron chi connectivity index (χ0n) is 14.1. The Morgan fingerprint density at radius 3 is 2.83 bits per heavy atom. The molecule has 0 radical (unpaired) electrons. The van der Waals surface area contributed by atoms with Crippen molar-refractivity contribution in [3.8, 4) is 0 Å². The highest BCUT2D eigenvalue weighted by Gasteiger charge is 2.55. The third-order valence-corrected chi connectivity index (χ3v) is 7.08. The molecule has 3 heteroatoms. The molecule has 4 aliphatic rings. The third kappa shape index (κ3) is 2.31. The van der Waals surface area contributed by atoms with E-state index in [0.717, 1.165) is 44.3 Å². The van der Waals surface area contributed by atoms with Crippen LogP contribution in [0.2, 0.25) is 0 Å². The minimum Gasteiger partial charge on any atom is -0.431 e. The lowest BCUT2D eigenvalue weighted by Crippen LogP contribution is -2.45. The van der Waals surface area contributed by atoms with Crippen molar-refractivity contribution in [1.29, 1.82) is 0 Å². The number of fused-ring (bicyclic) bond motifs is 5. The first kappa shape index (κ1) is 15.2. The highest BCUT2D eigenvalue weighted by Crippen LogP contribution is 2.59. The number of hydrogen-bond donors (Lipinski definition) is 0. The number of hydrogen-bond acceptors (Lipinski definition) is 3. The summed E-state index contributed by atoms with van der Waals surface area (Å²) in [7, 11) is 0. The van der Waals surface area contributed by atoms with Gasteiger partial charge in [0.25, 0.3) is 0 Å². The molecule has 0 amide bonds. The van der Waals surface area contributed by atoms with Crippen molar-refractivity contribution in [1.82, 2.24) is 0 Å². The summed E-state index contributed by atoms with van der Waals surface area (Å²) in [5.74, 6) is 3.71. The van der Waals surface area contributed by atoms with E-state index < -0.39 is 0 Å². The predicted molar refractivity (Wildman–Crippen MR) is 87.3 cm³/mol. The molecule has 0 aromatic heterocycles. The van der Waals surface area contributed by atoms with Crippen LogP contribution in [0.3, 0.4) is 0 Å². The van der Waals surface area contributed by atoms with Gasteiger partial charge in [-0.05, 0) is 67.4 Å². The van der Waals surface area contributed by atoms with E-state index in [0.29, 0.717) is 29.5 Å². The number of rotatable bonds is 1. The average Bonchev–Trinajstić information content (AvgIpc) is 2.82. The lowest BCUT2D eigenvalue weighted by Gasteiger charge is -2.50. The Bertz CT molecular complexity index is 614. The molecule has 4 rings (SSSR count). The van der Waals surface area contributed by atoms with Gasteiger partial charge in [0, 0.05) is 25.2 Å². The maximum atomic E-state index is 12.4. The van der Waals surface area contributed by atoms with Crippen molar-refractivity contribution in [2.75, 3.05) is 0 Å². The first-order valence-corrected chi connectivity index (χ1v) is 9.11. The largest absolute Gasteiger partial charge is 0.431 e. The van der Waals surface area contributed by atoms with Crippen LogP contribution in [-0.2, 0) is 14.3 Å². The minimum absolute atomic E-state index is 0.0417. The van der Waals surface area contributed by atoms with Crippen LogP contribution in [0.25, 0.3) is 0 Å². The summed E-state index contributed by atoms with van der Waals surface area (Å²) < 4.78 is 5.31. The molecule has 0 aromatic carbocycles. The first-order valence-electron chi connectivity index (χ1n) is 9.11. The minimum atomic E-state index is -0.220. The number of Topliss-reactive ketones (excluding diaryl/α,β-unsaturated/α-hetero) is 1. The van der Waals surface area contributed by atoms with Gasteiger partial charge in [0.15, 0.2) is 0 Å². The molecule has 5 atom stereocenters. The monoisotopic (exact) mass is 314 g/mol. The van der Waals surface area contributed by atoms with E-state index in [4.69, 9.17) is 4.74 Å². The topological polar surface area (TPSA) is 43.4 Å². The molecule has 4 aliphatic carbocycles. The SMILES string of the molecule is CC(=O)OC1=CC2=CC[C@@H]3[C@H](CC[C@]4(C)C(=O)CC[C@@H]34)[C@H]2CC1. The summed E-state index contributed by atoms with van der Waals surface area (Å²) in [5, 5.41) is 0. The van der Waals surface area contributed by atoms with Crippen LogP contribution in [0.5, 0.6) is 0 Å². The van der Waals surface area contributed by atoms with E-state index >= 15 is 0 Å². The molecule has 0 unspecified atom stereocenters. The molecule has 2 fully saturated rings. The number of ketones is 1. The van der Waals surface area contributed by atoms with Gasteiger partial charge in [-0.15, -0.1) is 0 Å². The van der Waals surface area contributed by atoms with E-state index in [1.807, 2.05) is 0 Å². The number of ether oxygens (including phenoxy) is 1. The van der Waals surface area contributed by atoms with Crippen LogP contribution in [0, 0.1) is 29.1 Å². The third-order valence-electron chi connectivity index (χ3n) is 7.08. The standard InChI is InChI=1S/C20H26O3/c1-12(21)23-14-4-6-15-13(11-14)3-5-17-16(15)9-10-20(2)18(17)7-8-19(20)22/h3,11,15-18H,4-10H2,1-2H3/t15-,16+,17+,18-,20-/m0/s1. The van der Waals surface area contributed by atoms with Gasteiger partial charge in [0.1, 0.15) is 11.5 Å². The average molecular weight is 314 g/mol. The summed E-state index contributed by atoms with van der Waals surface area (Å²) in [5.41, 5.74) is 1.33. The van der Waals surface area contributed by atoms with E-state index in [2.05, 4.69) is 19.1 Å². The molecule has 0 bridgehead atoms. The lowest BCUT2D eigenvalue weighted by atomic mass is 9.53. The molecule has 0 N–H and O–H groups in total. The number of esters is 1. The highest BCUT2D eigenvalue weighted by atomic mass is 16.5. The Morgan fingerprint density at radius 1 is 1.22 bits per heavy atom. The second-order valence-electron chi connectivity index (χ2n) is 8.14. The van der Waals surface area contributed by atoms with Crippen LogP contribution in [0.4, 0.5) is 0 Å². The van der Waals surface area contributed by atoms with Crippen molar-refractivity contribution in [3.63, 3.8) is 0 Å². The van der Waals surface area contributed by atoms with Gasteiger partial charge in [0.2, 0.25) is 0 Å². The molecule has 23 heavy (non-hydrogen) atoms. The second-order valence-corrected chi connectivity index (χ2v) is 8.14. The molecule has 0 heterocycles. The van der Waals surface area contributed by atoms with Crippen molar-refractivity contribution in [2.45, 2.75) is 58.8 Å². The Hall–Kier alpha value is -1.38. The fourth-order valence-electron chi connectivity index (χ4n) is 5.96. The predicted octanol–water partition coefficient (Wildman–Crippen LogP) is 4.19. The van der Waals surface area contributed by atoms with E-state index in [9.17, 15) is 9.59 Å². The maximum absolute atomic E-state index is 12.4. The van der Waals surface area contributed by atoms with E-state index in [1.165, 1.54) is 18.9 Å². The molecular weight excluding hydrogens is 288 g/mol. The van der Waals surface area contributed by atoms with Gasteiger partial charge in [-0.3, -0.25) is 9.59 Å². The molecule has 0 aromatic rings. The van der Waals surface area contributed by atoms with Crippen molar-refractivity contribution < 1.29 is 14.3 Å². The molecule has 3 nitrogen and oxygen atoms in total. The van der Waals surface area contributed by atoms with Gasteiger partial charge in [-0.25, -0.2) is 0 Å². The molecule has 2 saturated carbocycles. The van der Waals surface area contributed by atoms with Gasteiger partial charge in [-0.1, -0.05) is 13.0 Å². The van der Waals surface area contributed by atoms with E-state index in [1.54, 1.807) is 0 Å². The fourth-order valence-corrected chi connectivity index (χ4v) is 5.96. The molecule has 0 aliphatic heterocycles. The van der Waals surface area contributed by atoms with Crippen molar-refractivity contribution in [3.05, 3.63) is 23.5 Å². The smallest absolute Gasteiger partial charge is 0.307 e. The van der Waals surface area contributed by atoms with Crippen LogP contribution < -0.4 is 0 Å². The molecular formula is C20H26O3. The lowest BCUT2D eigenvalue weighted by molar-refractivity contribution is -0.137. The number of allylic oxidation sites excluding steroid dienone is 4. The molecule has 0 spiro atoms. The summed E-state index contributed by atoms with van der Waals surface area (Å²) >= 11 is 0. The van der Waals surface area contributed by atoms with Gasteiger partial charge < -0.3 is 4.74 Å². The summed E-state index contributed by atoms with van der Waals surface area (Å²) in [6, 6.07) is 0. The number of carbonyl (C=O) groups is 2. The van der Waals surface area contributed by atoms with Crippen molar-refractivity contribution in [2.24, 2.45) is 29.1 Å². The van der Waals surface area contributed by atoms with Gasteiger partial charge in [-0.2, -0.15) is 0 Å². The maximum Gasteiger partial charge on any atom is 0.307 e. The Labute approximate surface area is 138 Å². The van der Waals surface area contributed by atoms with Gasteiger partial charge >= 0.3 is 5.97 Å². The summed E-state index contributed by atoms with van der Waals surface area (Å²) in [6.45, 7) is 3.69.